The maximum atomic E-state index is 11.6. The highest BCUT2D eigenvalue weighted by Crippen LogP contribution is 2.13. The summed E-state index contributed by atoms with van der Waals surface area (Å²) in [5.74, 6) is 0.00580. The van der Waals surface area contributed by atoms with Crippen molar-refractivity contribution in [2.45, 2.75) is 44.8 Å². The zero-order valence-electron chi connectivity index (χ0n) is 9.68. The molecule has 2 atom stereocenters. The molecular weight excluding hydrogens is 230 g/mol. The molecule has 5 nitrogen and oxygen atoms in total. The third kappa shape index (κ3) is 5.25. The Labute approximate surface area is 97.2 Å². The molecule has 1 rings (SSSR count). The van der Waals surface area contributed by atoms with Crippen molar-refractivity contribution in [3.63, 3.8) is 0 Å². The van der Waals surface area contributed by atoms with Gasteiger partial charge in [-0.2, -0.15) is 0 Å². The van der Waals surface area contributed by atoms with Gasteiger partial charge in [0.1, 0.15) is 0 Å². The first kappa shape index (κ1) is 13.9. The third-order valence-corrected chi connectivity index (χ3v) is 4.01. The van der Waals surface area contributed by atoms with Crippen LogP contribution in [-0.2, 0) is 14.8 Å². The second-order valence-electron chi connectivity index (χ2n) is 4.21. The third-order valence-electron chi connectivity index (χ3n) is 2.59. The zero-order valence-corrected chi connectivity index (χ0v) is 10.5. The summed E-state index contributed by atoms with van der Waals surface area (Å²) in [6, 6.07) is 0. The Morgan fingerprint density at radius 3 is 2.88 bits per heavy atom. The lowest BCUT2D eigenvalue weighted by molar-refractivity contribution is 0.127. The number of sulfonamides is 1. The molecule has 2 N–H and O–H groups in total. The van der Waals surface area contributed by atoms with Gasteiger partial charge < -0.3 is 9.84 Å². The molecule has 1 aliphatic rings. The highest BCUT2D eigenvalue weighted by atomic mass is 32.2. The molecule has 1 fully saturated rings. The molecule has 1 saturated heterocycles. The molecule has 0 amide bonds. The molecule has 1 heterocycles. The molecule has 0 aromatic rings. The van der Waals surface area contributed by atoms with Gasteiger partial charge in [0.2, 0.25) is 10.0 Å². The van der Waals surface area contributed by atoms with E-state index in [1.807, 2.05) is 6.92 Å². The van der Waals surface area contributed by atoms with Gasteiger partial charge in [0.05, 0.1) is 18.0 Å². The van der Waals surface area contributed by atoms with Crippen LogP contribution in [0.25, 0.3) is 0 Å². The SMILES string of the molecule is CCCC(O)CNS(=O)(=O)CC1CCCO1. The summed E-state index contributed by atoms with van der Waals surface area (Å²) in [5, 5.41) is 9.42. The fourth-order valence-corrected chi connectivity index (χ4v) is 3.05. The molecule has 16 heavy (non-hydrogen) atoms. The van der Waals surface area contributed by atoms with Gasteiger partial charge in [-0.1, -0.05) is 13.3 Å². The first-order valence-corrected chi connectivity index (χ1v) is 7.45. The fourth-order valence-electron chi connectivity index (χ4n) is 1.74. The van der Waals surface area contributed by atoms with Crippen molar-refractivity contribution in [1.29, 1.82) is 0 Å². The number of hydrogen-bond donors (Lipinski definition) is 2. The van der Waals surface area contributed by atoms with E-state index in [4.69, 9.17) is 4.74 Å². The van der Waals surface area contributed by atoms with Crippen LogP contribution in [-0.4, -0.2) is 44.6 Å². The number of ether oxygens (including phenoxy) is 1. The van der Waals surface area contributed by atoms with E-state index in [9.17, 15) is 13.5 Å². The van der Waals surface area contributed by atoms with Crippen LogP contribution in [0.4, 0.5) is 0 Å². The summed E-state index contributed by atoms with van der Waals surface area (Å²) in [4.78, 5) is 0. The van der Waals surface area contributed by atoms with E-state index in [0.29, 0.717) is 13.0 Å². The van der Waals surface area contributed by atoms with Gasteiger partial charge in [0, 0.05) is 13.2 Å². The van der Waals surface area contributed by atoms with E-state index in [-0.39, 0.29) is 18.4 Å². The Bertz CT molecular complexity index is 285. The first-order chi connectivity index (χ1) is 7.53. The Hall–Kier alpha value is -0.170. The predicted octanol–water partition coefficient (Wildman–Crippen LogP) is 0.246. The number of aliphatic hydroxyl groups excluding tert-OH is 1. The van der Waals surface area contributed by atoms with Crippen LogP contribution in [0.2, 0.25) is 0 Å². The van der Waals surface area contributed by atoms with Crippen LogP contribution < -0.4 is 4.72 Å². The highest BCUT2D eigenvalue weighted by Gasteiger charge is 2.23. The average molecular weight is 251 g/mol. The van der Waals surface area contributed by atoms with Gasteiger partial charge in [0.15, 0.2) is 0 Å². The van der Waals surface area contributed by atoms with E-state index < -0.39 is 16.1 Å². The second kappa shape index (κ2) is 6.54. The largest absolute Gasteiger partial charge is 0.392 e. The second-order valence-corrected chi connectivity index (χ2v) is 6.06. The van der Waals surface area contributed by atoms with Crippen molar-refractivity contribution in [2.75, 3.05) is 18.9 Å². The van der Waals surface area contributed by atoms with Crippen molar-refractivity contribution in [3.05, 3.63) is 0 Å². The molecule has 96 valence electrons. The minimum absolute atomic E-state index is 0.00580. The van der Waals surface area contributed by atoms with E-state index in [0.717, 1.165) is 19.3 Å². The molecule has 0 saturated carbocycles. The minimum atomic E-state index is -3.31. The molecule has 6 heteroatoms. The number of aliphatic hydroxyl groups is 1. The topological polar surface area (TPSA) is 75.6 Å². The summed E-state index contributed by atoms with van der Waals surface area (Å²) in [6.45, 7) is 2.70. The lowest BCUT2D eigenvalue weighted by atomic mass is 10.2. The monoisotopic (exact) mass is 251 g/mol. The maximum absolute atomic E-state index is 11.6. The lowest BCUT2D eigenvalue weighted by Crippen LogP contribution is -2.36. The van der Waals surface area contributed by atoms with Crippen LogP contribution in [0.15, 0.2) is 0 Å². The van der Waals surface area contributed by atoms with Crippen LogP contribution >= 0.6 is 0 Å². The first-order valence-electron chi connectivity index (χ1n) is 5.80. The van der Waals surface area contributed by atoms with E-state index in [1.54, 1.807) is 0 Å². The normalized spacial score (nSPS) is 23.5. The summed E-state index contributed by atoms with van der Waals surface area (Å²) >= 11 is 0. The summed E-state index contributed by atoms with van der Waals surface area (Å²) in [5.41, 5.74) is 0. The smallest absolute Gasteiger partial charge is 0.214 e. The van der Waals surface area contributed by atoms with E-state index in [2.05, 4.69) is 4.72 Å². The van der Waals surface area contributed by atoms with Crippen molar-refractivity contribution >= 4 is 10.0 Å². The van der Waals surface area contributed by atoms with Crippen LogP contribution in [0, 0.1) is 0 Å². The summed E-state index contributed by atoms with van der Waals surface area (Å²) < 4.78 is 30.9. The zero-order chi connectivity index (χ0) is 12.0. The summed E-state index contributed by atoms with van der Waals surface area (Å²) in [6.07, 6.45) is 2.42. The van der Waals surface area contributed by atoms with Crippen molar-refractivity contribution < 1.29 is 18.3 Å². The van der Waals surface area contributed by atoms with E-state index in [1.165, 1.54) is 0 Å². The van der Waals surface area contributed by atoms with Gasteiger partial charge in [0.25, 0.3) is 0 Å². The van der Waals surface area contributed by atoms with Gasteiger partial charge in [-0.25, -0.2) is 13.1 Å². The highest BCUT2D eigenvalue weighted by molar-refractivity contribution is 7.89. The van der Waals surface area contributed by atoms with Crippen LogP contribution in [0.1, 0.15) is 32.6 Å². The van der Waals surface area contributed by atoms with Crippen molar-refractivity contribution in [1.82, 2.24) is 4.72 Å². The quantitative estimate of drug-likeness (QED) is 0.680. The number of nitrogens with one attached hydrogen (secondary N) is 1. The molecule has 0 radical (unpaired) electrons. The van der Waals surface area contributed by atoms with E-state index >= 15 is 0 Å². The summed E-state index contributed by atoms with van der Waals surface area (Å²) in [7, 11) is -3.31. The molecule has 0 aromatic carbocycles. The molecule has 0 aromatic heterocycles. The standard InChI is InChI=1S/C10H21NO4S/c1-2-4-9(12)7-11-16(13,14)8-10-5-3-6-15-10/h9-12H,2-8H2,1H3. The Kier molecular flexibility index (Phi) is 5.68. The molecular formula is C10H21NO4S. The van der Waals surface area contributed by atoms with Gasteiger partial charge in [-0.3, -0.25) is 0 Å². The van der Waals surface area contributed by atoms with Gasteiger partial charge in [-0.05, 0) is 19.3 Å². The molecule has 0 aliphatic carbocycles. The van der Waals surface area contributed by atoms with Crippen molar-refractivity contribution in [2.24, 2.45) is 0 Å². The lowest BCUT2D eigenvalue weighted by Gasteiger charge is -2.13. The van der Waals surface area contributed by atoms with Gasteiger partial charge in [-0.15, -0.1) is 0 Å². The number of rotatable bonds is 7. The predicted molar refractivity (Wildman–Crippen MR) is 61.7 cm³/mol. The molecule has 2 unspecified atom stereocenters. The minimum Gasteiger partial charge on any atom is -0.392 e. The Balaban J connectivity index is 2.27. The maximum Gasteiger partial charge on any atom is 0.214 e. The molecule has 0 spiro atoms. The molecule has 0 bridgehead atoms. The van der Waals surface area contributed by atoms with Crippen LogP contribution in [0.3, 0.4) is 0 Å². The van der Waals surface area contributed by atoms with Gasteiger partial charge >= 0.3 is 0 Å². The average Bonchev–Trinajstić information content (AvgIpc) is 2.67. The Morgan fingerprint density at radius 1 is 1.56 bits per heavy atom. The van der Waals surface area contributed by atoms with Crippen LogP contribution in [0.5, 0.6) is 0 Å². The molecule has 1 aliphatic heterocycles. The van der Waals surface area contributed by atoms with Crippen molar-refractivity contribution in [3.8, 4) is 0 Å². The fraction of sp³-hybridized carbons (Fsp3) is 1.00. The Morgan fingerprint density at radius 2 is 2.31 bits per heavy atom. The number of hydrogen-bond acceptors (Lipinski definition) is 4.